The van der Waals surface area contributed by atoms with Crippen molar-refractivity contribution in [2.45, 2.75) is 17.7 Å². The Hall–Kier alpha value is -3.98. The van der Waals surface area contributed by atoms with E-state index in [0.29, 0.717) is 52.4 Å². The molecular formula is C24H20N4O4S. The highest BCUT2D eigenvalue weighted by Gasteiger charge is 2.19. The van der Waals surface area contributed by atoms with Gasteiger partial charge in [-0.2, -0.15) is 0 Å². The molecular weight excluding hydrogens is 440 g/mol. The maximum atomic E-state index is 13.1. The summed E-state index contributed by atoms with van der Waals surface area (Å²) in [5.41, 5.74) is 2.12. The zero-order valence-corrected chi connectivity index (χ0v) is 18.3. The zero-order chi connectivity index (χ0) is 22.8. The van der Waals surface area contributed by atoms with Gasteiger partial charge in [-0.25, -0.2) is 13.4 Å². The highest BCUT2D eigenvalue weighted by Crippen LogP contribution is 2.26. The molecule has 5 rings (SSSR count). The number of pyridine rings is 1. The summed E-state index contributed by atoms with van der Waals surface area (Å²) in [6.45, 7) is 0.633. The Labute approximate surface area is 190 Å². The zero-order valence-electron chi connectivity index (χ0n) is 17.5. The highest BCUT2D eigenvalue weighted by atomic mass is 32.2. The van der Waals surface area contributed by atoms with E-state index in [4.69, 9.17) is 4.42 Å². The molecule has 8 nitrogen and oxygen atoms in total. The number of nitrogens with one attached hydrogen (secondary N) is 2. The summed E-state index contributed by atoms with van der Waals surface area (Å²) >= 11 is 0. The monoisotopic (exact) mass is 460 g/mol. The van der Waals surface area contributed by atoms with Crippen molar-refractivity contribution in [3.8, 4) is 11.5 Å². The van der Waals surface area contributed by atoms with Crippen molar-refractivity contribution in [1.29, 1.82) is 0 Å². The number of amidine groups is 1. The van der Waals surface area contributed by atoms with Crippen molar-refractivity contribution in [3.05, 3.63) is 78.6 Å². The number of aromatic nitrogens is 1. The van der Waals surface area contributed by atoms with Crippen molar-refractivity contribution < 1.29 is 17.6 Å². The van der Waals surface area contributed by atoms with E-state index in [1.54, 1.807) is 36.6 Å². The molecule has 2 N–H and O–H groups in total. The minimum absolute atomic E-state index is 0.101. The van der Waals surface area contributed by atoms with Gasteiger partial charge in [-0.15, -0.1) is 0 Å². The number of anilines is 1. The third kappa shape index (κ3) is 4.35. The summed E-state index contributed by atoms with van der Waals surface area (Å²) in [6, 6.07) is 18.6. The summed E-state index contributed by atoms with van der Waals surface area (Å²) in [7, 11) is -3.71. The number of hydrogen-bond acceptors (Lipinski definition) is 6. The van der Waals surface area contributed by atoms with Gasteiger partial charge in [0.15, 0.2) is 5.76 Å². The molecule has 33 heavy (non-hydrogen) atoms. The number of benzene rings is 2. The molecule has 0 bridgehead atoms. The van der Waals surface area contributed by atoms with E-state index in [1.807, 2.05) is 24.3 Å². The minimum atomic E-state index is -3.71. The molecule has 0 radical (unpaired) electrons. The van der Waals surface area contributed by atoms with Crippen LogP contribution >= 0.6 is 0 Å². The van der Waals surface area contributed by atoms with E-state index in [1.165, 1.54) is 12.1 Å². The number of para-hydroxylation sites is 1. The summed E-state index contributed by atoms with van der Waals surface area (Å²) in [5.74, 6) is 0.698. The van der Waals surface area contributed by atoms with Crippen molar-refractivity contribution in [2.24, 2.45) is 4.99 Å². The molecule has 1 aliphatic heterocycles. The lowest BCUT2D eigenvalue weighted by Gasteiger charge is -2.11. The smallest absolute Gasteiger partial charge is 0.262 e. The second-order valence-electron chi connectivity index (χ2n) is 7.57. The van der Waals surface area contributed by atoms with Crippen molar-refractivity contribution >= 4 is 38.4 Å². The molecule has 2 aromatic carbocycles. The number of hydrogen-bond donors (Lipinski definition) is 2. The Kier molecular flexibility index (Phi) is 5.39. The van der Waals surface area contributed by atoms with Gasteiger partial charge >= 0.3 is 0 Å². The third-order valence-electron chi connectivity index (χ3n) is 5.28. The molecule has 2 aromatic heterocycles. The van der Waals surface area contributed by atoms with Crippen LogP contribution in [-0.4, -0.2) is 31.7 Å². The molecule has 0 unspecified atom stereocenters. The quantitative estimate of drug-likeness (QED) is 0.463. The van der Waals surface area contributed by atoms with E-state index in [9.17, 15) is 13.2 Å². The largest absolute Gasteiger partial charge is 0.463 e. The molecule has 9 heteroatoms. The molecule has 166 valence electrons. The van der Waals surface area contributed by atoms with Crippen LogP contribution in [0, 0.1) is 0 Å². The van der Waals surface area contributed by atoms with Crippen molar-refractivity contribution in [2.75, 3.05) is 11.9 Å². The topological polar surface area (TPSA) is 114 Å². The maximum Gasteiger partial charge on any atom is 0.262 e. The third-order valence-corrected chi connectivity index (χ3v) is 6.68. The van der Waals surface area contributed by atoms with Crippen LogP contribution in [0.15, 0.2) is 87.3 Å². The number of fused-ring (bicyclic) bond motifs is 1. The summed E-state index contributed by atoms with van der Waals surface area (Å²) in [5, 5.41) is 3.54. The second-order valence-corrected chi connectivity index (χ2v) is 9.25. The van der Waals surface area contributed by atoms with E-state index in [0.717, 1.165) is 6.42 Å². The maximum absolute atomic E-state index is 13.1. The summed E-state index contributed by atoms with van der Waals surface area (Å²) < 4.78 is 33.1. The number of rotatable bonds is 5. The van der Waals surface area contributed by atoms with Gasteiger partial charge in [0.2, 0.25) is 0 Å². The lowest BCUT2D eigenvalue weighted by Crippen LogP contribution is -2.29. The Bertz CT molecular complexity index is 1460. The normalized spacial score (nSPS) is 13.6. The van der Waals surface area contributed by atoms with Crippen LogP contribution in [0.3, 0.4) is 0 Å². The van der Waals surface area contributed by atoms with Gasteiger partial charge in [0.1, 0.15) is 11.5 Å². The molecule has 1 amide bonds. The predicted molar refractivity (Wildman–Crippen MR) is 126 cm³/mol. The van der Waals surface area contributed by atoms with Gasteiger partial charge in [0.05, 0.1) is 22.2 Å². The Balaban J connectivity index is 1.41. The van der Waals surface area contributed by atoms with Gasteiger partial charge in [-0.3, -0.25) is 14.5 Å². The molecule has 1 aliphatic rings. The van der Waals surface area contributed by atoms with Crippen LogP contribution < -0.4 is 10.0 Å². The second kappa shape index (κ2) is 8.51. The van der Waals surface area contributed by atoms with Gasteiger partial charge < -0.3 is 9.73 Å². The number of carbonyl (C=O) groups excluding carboxylic acids is 1. The molecule has 4 aromatic rings. The summed E-state index contributed by atoms with van der Waals surface area (Å²) in [4.78, 5) is 22.0. The van der Waals surface area contributed by atoms with Crippen LogP contribution in [0.5, 0.6) is 0 Å². The van der Waals surface area contributed by atoms with E-state index in [2.05, 4.69) is 20.0 Å². The fourth-order valence-corrected chi connectivity index (χ4v) is 4.76. The molecule has 0 aliphatic carbocycles. The van der Waals surface area contributed by atoms with Gasteiger partial charge in [-0.1, -0.05) is 18.2 Å². The molecule has 3 heterocycles. The average molecular weight is 461 g/mol. The number of aliphatic imine (C=N–C) groups is 1. The first-order chi connectivity index (χ1) is 16.0. The van der Waals surface area contributed by atoms with E-state index >= 15 is 0 Å². The highest BCUT2D eigenvalue weighted by molar-refractivity contribution is 7.90. The fourth-order valence-electron chi connectivity index (χ4n) is 3.67. The first kappa shape index (κ1) is 20.9. The SMILES string of the molecule is O=C(Nc1ccc(S(=O)(=O)NC2=NCCC2)cc1)c1cc(-c2ccco2)nc2ccccc12. The lowest BCUT2D eigenvalue weighted by atomic mass is 10.1. The van der Waals surface area contributed by atoms with E-state index < -0.39 is 10.0 Å². The molecule has 0 saturated carbocycles. The standard InChI is InChI=1S/C24H20N4O4S/c29-24(19-15-21(22-7-4-14-32-22)27-20-6-2-1-5-18(19)20)26-16-9-11-17(12-10-16)33(30,31)28-23-8-3-13-25-23/h1-2,4-7,9-12,14-15H,3,8,13H2,(H,25,28)(H,26,29). The average Bonchev–Trinajstić information content (AvgIpc) is 3.53. The van der Waals surface area contributed by atoms with Crippen molar-refractivity contribution in [3.63, 3.8) is 0 Å². The van der Waals surface area contributed by atoms with Crippen LogP contribution in [-0.2, 0) is 10.0 Å². The number of carbonyl (C=O) groups is 1. The van der Waals surface area contributed by atoms with Crippen LogP contribution in [0.25, 0.3) is 22.4 Å². The van der Waals surface area contributed by atoms with Crippen LogP contribution in [0.1, 0.15) is 23.2 Å². The van der Waals surface area contributed by atoms with Crippen LogP contribution in [0.4, 0.5) is 5.69 Å². The molecule has 0 saturated heterocycles. The fraction of sp³-hybridized carbons (Fsp3) is 0.125. The number of furan rings is 1. The Morgan fingerprint density at radius 1 is 1.00 bits per heavy atom. The number of sulfonamides is 1. The molecule has 0 spiro atoms. The van der Waals surface area contributed by atoms with Gasteiger partial charge in [0, 0.05) is 24.0 Å². The van der Waals surface area contributed by atoms with Crippen LogP contribution in [0.2, 0.25) is 0 Å². The van der Waals surface area contributed by atoms with Gasteiger partial charge in [0.25, 0.3) is 15.9 Å². The number of nitrogens with zero attached hydrogens (tertiary/aromatic N) is 2. The summed E-state index contributed by atoms with van der Waals surface area (Å²) in [6.07, 6.45) is 3.01. The first-order valence-corrected chi connectivity index (χ1v) is 11.9. The minimum Gasteiger partial charge on any atom is -0.463 e. The Morgan fingerprint density at radius 3 is 2.55 bits per heavy atom. The molecule has 0 fully saturated rings. The van der Waals surface area contributed by atoms with Crippen molar-refractivity contribution in [1.82, 2.24) is 9.71 Å². The predicted octanol–water partition coefficient (Wildman–Crippen LogP) is 4.22. The Morgan fingerprint density at radius 2 is 1.82 bits per heavy atom. The van der Waals surface area contributed by atoms with Gasteiger partial charge in [-0.05, 0) is 55.0 Å². The molecule has 0 atom stereocenters. The number of amides is 1. The van der Waals surface area contributed by atoms with E-state index in [-0.39, 0.29) is 10.8 Å². The first-order valence-electron chi connectivity index (χ1n) is 10.4. The lowest BCUT2D eigenvalue weighted by molar-refractivity contribution is 0.102.